The van der Waals surface area contributed by atoms with Crippen LogP contribution in [0.1, 0.15) is 5.69 Å². The summed E-state index contributed by atoms with van der Waals surface area (Å²) in [6.07, 6.45) is 0.347. The van der Waals surface area contributed by atoms with Crippen molar-refractivity contribution < 1.29 is 9.90 Å². The zero-order valence-electron chi connectivity index (χ0n) is 10.9. The van der Waals surface area contributed by atoms with Gasteiger partial charge in [0.05, 0.1) is 11.4 Å². The van der Waals surface area contributed by atoms with Crippen molar-refractivity contribution in [3.05, 3.63) is 41.3 Å². The van der Waals surface area contributed by atoms with Gasteiger partial charge in [-0.05, 0) is 31.2 Å². The largest absolute Gasteiger partial charge is 0.465 e. The molecule has 0 aromatic carbocycles. The fourth-order valence-electron chi connectivity index (χ4n) is 2.11. The van der Waals surface area contributed by atoms with Gasteiger partial charge in [-0.2, -0.15) is 5.10 Å². The predicted molar refractivity (Wildman–Crippen MR) is 77.6 cm³/mol. The molecule has 21 heavy (non-hydrogen) atoms. The molecule has 1 amide bonds. The van der Waals surface area contributed by atoms with Gasteiger partial charge in [0.1, 0.15) is 11.0 Å². The number of anilines is 1. The highest BCUT2D eigenvalue weighted by Crippen LogP contribution is 2.26. The maximum atomic E-state index is 10.7. The summed E-state index contributed by atoms with van der Waals surface area (Å²) in [5, 5.41) is 15.5. The Morgan fingerprint density at radius 2 is 2.19 bits per heavy atom. The van der Waals surface area contributed by atoms with E-state index in [9.17, 15) is 4.79 Å². The number of rotatable bonds is 2. The van der Waals surface area contributed by atoms with Crippen LogP contribution in [-0.2, 0) is 0 Å². The molecule has 0 aliphatic rings. The number of imidazole rings is 1. The number of pyridine rings is 1. The molecular formula is C13H10ClN5O2. The number of aromatic nitrogens is 4. The molecule has 3 aromatic rings. The van der Waals surface area contributed by atoms with E-state index in [2.05, 4.69) is 20.4 Å². The summed E-state index contributed by atoms with van der Waals surface area (Å²) < 4.78 is 1.62. The molecule has 2 N–H and O–H groups in total. The fraction of sp³-hybridized carbons (Fsp3) is 0.0769. The third kappa shape index (κ3) is 2.50. The first kappa shape index (κ1) is 13.3. The Labute approximate surface area is 124 Å². The Kier molecular flexibility index (Phi) is 3.19. The monoisotopic (exact) mass is 303 g/mol. The average molecular weight is 304 g/mol. The van der Waals surface area contributed by atoms with Crippen molar-refractivity contribution in [1.29, 1.82) is 0 Å². The van der Waals surface area contributed by atoms with E-state index in [0.717, 1.165) is 17.0 Å². The first-order valence-corrected chi connectivity index (χ1v) is 6.40. The predicted octanol–water partition coefficient (Wildman–Crippen LogP) is 2.84. The van der Waals surface area contributed by atoms with Gasteiger partial charge < -0.3 is 5.11 Å². The Hall–Kier alpha value is -2.67. The highest BCUT2D eigenvalue weighted by molar-refractivity contribution is 6.29. The summed E-state index contributed by atoms with van der Waals surface area (Å²) in [5.41, 5.74) is 2.91. The number of carbonyl (C=O) groups is 1. The molecule has 3 heterocycles. The SMILES string of the molecule is Cc1nc2ccc(Cl)nn2c1-c1ccnc(NC(=O)O)c1. The van der Waals surface area contributed by atoms with Crippen LogP contribution in [0.15, 0.2) is 30.5 Å². The van der Waals surface area contributed by atoms with Crippen LogP contribution in [0.4, 0.5) is 10.6 Å². The summed E-state index contributed by atoms with van der Waals surface area (Å²) in [7, 11) is 0. The first-order chi connectivity index (χ1) is 10.0. The highest BCUT2D eigenvalue weighted by atomic mass is 35.5. The molecule has 0 spiro atoms. The molecule has 0 atom stereocenters. The number of nitrogens with one attached hydrogen (secondary N) is 1. The number of halogens is 1. The van der Waals surface area contributed by atoms with E-state index in [1.165, 1.54) is 6.20 Å². The summed E-state index contributed by atoms with van der Waals surface area (Å²) in [4.78, 5) is 19.0. The van der Waals surface area contributed by atoms with Gasteiger partial charge in [0.15, 0.2) is 5.65 Å². The number of aryl methyl sites for hydroxylation is 1. The van der Waals surface area contributed by atoms with Crippen LogP contribution in [-0.4, -0.2) is 30.8 Å². The molecule has 3 rings (SSSR count). The maximum Gasteiger partial charge on any atom is 0.410 e. The van der Waals surface area contributed by atoms with Gasteiger partial charge in [-0.1, -0.05) is 11.6 Å². The number of carboxylic acid groups (broad SMARTS) is 1. The zero-order chi connectivity index (χ0) is 15.0. The Morgan fingerprint density at radius 3 is 2.95 bits per heavy atom. The summed E-state index contributed by atoms with van der Waals surface area (Å²) in [6, 6.07) is 6.81. The van der Waals surface area contributed by atoms with Crippen LogP contribution in [0.5, 0.6) is 0 Å². The Balaban J connectivity index is 2.18. The fourth-order valence-corrected chi connectivity index (χ4v) is 2.25. The lowest BCUT2D eigenvalue weighted by Crippen LogP contribution is -2.08. The van der Waals surface area contributed by atoms with E-state index in [1.807, 2.05) is 6.92 Å². The lowest BCUT2D eigenvalue weighted by atomic mass is 10.1. The van der Waals surface area contributed by atoms with Gasteiger partial charge in [-0.25, -0.2) is 19.3 Å². The van der Waals surface area contributed by atoms with E-state index in [1.54, 1.807) is 28.8 Å². The van der Waals surface area contributed by atoms with Crippen molar-refractivity contribution in [2.75, 3.05) is 5.32 Å². The number of fused-ring (bicyclic) bond motifs is 1. The number of hydrogen-bond donors (Lipinski definition) is 2. The zero-order valence-corrected chi connectivity index (χ0v) is 11.7. The van der Waals surface area contributed by atoms with Crippen LogP contribution in [0.25, 0.3) is 16.9 Å². The van der Waals surface area contributed by atoms with E-state index in [-0.39, 0.29) is 5.82 Å². The average Bonchev–Trinajstić information content (AvgIpc) is 2.73. The third-order valence-corrected chi connectivity index (χ3v) is 3.09. The van der Waals surface area contributed by atoms with E-state index in [4.69, 9.17) is 16.7 Å². The van der Waals surface area contributed by atoms with Crippen molar-refractivity contribution in [1.82, 2.24) is 19.6 Å². The molecule has 0 fully saturated rings. The molecule has 0 saturated carbocycles. The second-order valence-corrected chi connectivity index (χ2v) is 4.72. The van der Waals surface area contributed by atoms with Crippen LogP contribution in [0.2, 0.25) is 5.15 Å². The number of nitrogens with zero attached hydrogens (tertiary/aromatic N) is 4. The minimum Gasteiger partial charge on any atom is -0.465 e. The standard InChI is InChI=1S/C13H10ClN5O2/c1-7-12(19-11(16-7)3-2-9(14)18-19)8-4-5-15-10(6-8)17-13(20)21/h2-6H,1H3,(H,15,17)(H,20,21). The second-order valence-electron chi connectivity index (χ2n) is 4.33. The molecule has 0 bridgehead atoms. The van der Waals surface area contributed by atoms with Crippen LogP contribution >= 0.6 is 11.6 Å². The molecule has 0 saturated heterocycles. The van der Waals surface area contributed by atoms with Crippen LogP contribution < -0.4 is 5.32 Å². The van der Waals surface area contributed by atoms with Crippen LogP contribution in [0.3, 0.4) is 0 Å². The molecule has 7 nitrogen and oxygen atoms in total. The second kappa shape index (κ2) is 5.02. The quantitative estimate of drug-likeness (QED) is 0.759. The minimum absolute atomic E-state index is 0.233. The number of amides is 1. The number of hydrogen-bond acceptors (Lipinski definition) is 4. The molecule has 0 unspecified atom stereocenters. The molecule has 0 aliphatic heterocycles. The van der Waals surface area contributed by atoms with Crippen molar-refractivity contribution in [3.63, 3.8) is 0 Å². The normalized spacial score (nSPS) is 10.8. The summed E-state index contributed by atoms with van der Waals surface area (Å²) in [6.45, 7) is 1.85. The Morgan fingerprint density at radius 1 is 1.38 bits per heavy atom. The maximum absolute atomic E-state index is 10.7. The van der Waals surface area contributed by atoms with Crippen LogP contribution in [0, 0.1) is 6.92 Å². The third-order valence-electron chi connectivity index (χ3n) is 2.89. The minimum atomic E-state index is -1.17. The van der Waals surface area contributed by atoms with Crippen molar-refractivity contribution in [2.24, 2.45) is 0 Å². The molecular weight excluding hydrogens is 294 g/mol. The van der Waals surface area contributed by atoms with Crippen molar-refractivity contribution >= 4 is 29.2 Å². The molecule has 106 valence electrons. The summed E-state index contributed by atoms with van der Waals surface area (Å²) in [5.74, 6) is 0.233. The first-order valence-electron chi connectivity index (χ1n) is 6.03. The highest BCUT2D eigenvalue weighted by Gasteiger charge is 2.13. The van der Waals surface area contributed by atoms with Gasteiger partial charge in [0.25, 0.3) is 0 Å². The van der Waals surface area contributed by atoms with E-state index in [0.29, 0.717) is 10.8 Å². The molecule has 0 aliphatic carbocycles. The van der Waals surface area contributed by atoms with Gasteiger partial charge in [-0.3, -0.25) is 5.32 Å². The molecule has 0 radical (unpaired) electrons. The van der Waals surface area contributed by atoms with E-state index >= 15 is 0 Å². The lowest BCUT2D eigenvalue weighted by molar-refractivity contribution is 0.209. The van der Waals surface area contributed by atoms with Crippen molar-refractivity contribution in [2.45, 2.75) is 6.92 Å². The lowest BCUT2D eigenvalue weighted by Gasteiger charge is -2.05. The summed E-state index contributed by atoms with van der Waals surface area (Å²) >= 11 is 5.93. The Bertz CT molecular complexity index is 846. The topological polar surface area (TPSA) is 92.4 Å². The molecule has 3 aromatic heterocycles. The van der Waals surface area contributed by atoms with Gasteiger partial charge >= 0.3 is 6.09 Å². The van der Waals surface area contributed by atoms with Gasteiger partial charge in [-0.15, -0.1) is 0 Å². The van der Waals surface area contributed by atoms with E-state index < -0.39 is 6.09 Å². The smallest absolute Gasteiger partial charge is 0.410 e. The van der Waals surface area contributed by atoms with Crippen molar-refractivity contribution in [3.8, 4) is 11.3 Å². The van der Waals surface area contributed by atoms with Gasteiger partial charge in [0.2, 0.25) is 0 Å². The molecule has 8 heteroatoms. The van der Waals surface area contributed by atoms with Gasteiger partial charge in [0, 0.05) is 11.8 Å².